The maximum absolute atomic E-state index is 11.9. The average Bonchev–Trinajstić information content (AvgIpc) is 2.28. The van der Waals surface area contributed by atoms with Crippen LogP contribution in [0.15, 0.2) is 29.2 Å². The van der Waals surface area contributed by atoms with Crippen LogP contribution in [0.3, 0.4) is 0 Å². The van der Waals surface area contributed by atoms with Gasteiger partial charge in [-0.3, -0.25) is 0 Å². The number of hydrogen-bond donors (Lipinski definition) is 2. The molecule has 0 aliphatic carbocycles. The Balaban J connectivity index is 2.61. The normalized spacial score (nSPS) is 12.3. The minimum Gasteiger partial charge on any atom is -0.508 e. The fourth-order valence-electron chi connectivity index (χ4n) is 1.35. The van der Waals surface area contributed by atoms with Gasteiger partial charge in [0.05, 0.1) is 4.90 Å². The molecule has 0 heterocycles. The van der Waals surface area contributed by atoms with Crippen molar-refractivity contribution in [1.29, 1.82) is 0 Å². The van der Waals surface area contributed by atoms with Gasteiger partial charge >= 0.3 is 0 Å². The van der Waals surface area contributed by atoms with E-state index in [4.69, 9.17) is 0 Å². The number of likely N-dealkylation sites (N-methyl/N-ethyl adjacent to an activating group) is 1. The van der Waals surface area contributed by atoms with E-state index in [1.54, 1.807) is 0 Å². The van der Waals surface area contributed by atoms with E-state index in [1.807, 2.05) is 25.8 Å². The molecular formula is C12H20N2O3S. The molecule has 1 aromatic carbocycles. The van der Waals surface area contributed by atoms with Crippen molar-refractivity contribution in [2.75, 3.05) is 20.1 Å². The zero-order chi connectivity index (χ0) is 13.8. The molecule has 0 unspecified atom stereocenters. The van der Waals surface area contributed by atoms with E-state index in [0.717, 1.165) is 0 Å². The van der Waals surface area contributed by atoms with Crippen LogP contribution in [0.2, 0.25) is 0 Å². The number of hydrogen-bond acceptors (Lipinski definition) is 4. The fourth-order valence-corrected chi connectivity index (χ4v) is 2.41. The molecule has 2 N–H and O–H groups in total. The maximum Gasteiger partial charge on any atom is 0.240 e. The van der Waals surface area contributed by atoms with Crippen LogP contribution in [-0.2, 0) is 10.0 Å². The number of aromatic hydroxyl groups is 1. The molecule has 0 radical (unpaired) electrons. The molecule has 0 aromatic heterocycles. The van der Waals surface area contributed by atoms with Gasteiger partial charge in [0.2, 0.25) is 10.0 Å². The van der Waals surface area contributed by atoms with Crippen LogP contribution in [0.1, 0.15) is 13.8 Å². The maximum atomic E-state index is 11.9. The smallest absolute Gasteiger partial charge is 0.240 e. The Bertz CT molecular complexity index is 486. The van der Waals surface area contributed by atoms with Gasteiger partial charge < -0.3 is 10.0 Å². The van der Waals surface area contributed by atoms with E-state index in [0.29, 0.717) is 19.1 Å². The molecule has 1 rings (SSSR count). The molecule has 18 heavy (non-hydrogen) atoms. The third-order valence-electron chi connectivity index (χ3n) is 2.77. The van der Waals surface area contributed by atoms with Crippen molar-refractivity contribution < 1.29 is 13.5 Å². The van der Waals surface area contributed by atoms with Crippen molar-refractivity contribution in [3.63, 3.8) is 0 Å². The molecule has 0 amide bonds. The summed E-state index contributed by atoms with van der Waals surface area (Å²) in [4.78, 5) is 2.13. The number of nitrogens with one attached hydrogen (secondary N) is 1. The van der Waals surface area contributed by atoms with Gasteiger partial charge in [-0.1, -0.05) is 6.07 Å². The van der Waals surface area contributed by atoms with E-state index in [9.17, 15) is 13.5 Å². The summed E-state index contributed by atoms with van der Waals surface area (Å²) >= 11 is 0. The van der Waals surface area contributed by atoms with Gasteiger partial charge in [-0.2, -0.15) is 0 Å². The summed E-state index contributed by atoms with van der Waals surface area (Å²) in [6.07, 6.45) is 0. The molecule has 6 heteroatoms. The zero-order valence-electron chi connectivity index (χ0n) is 10.9. The Morgan fingerprint density at radius 2 is 2.06 bits per heavy atom. The van der Waals surface area contributed by atoms with Gasteiger partial charge in [0.15, 0.2) is 0 Å². The first-order chi connectivity index (χ1) is 8.33. The second kappa shape index (κ2) is 6.17. The predicted octanol–water partition coefficient (Wildman–Crippen LogP) is 1.01. The Labute approximate surface area is 108 Å². The monoisotopic (exact) mass is 272 g/mol. The molecule has 5 nitrogen and oxygen atoms in total. The first-order valence-electron chi connectivity index (χ1n) is 5.82. The highest BCUT2D eigenvalue weighted by molar-refractivity contribution is 7.89. The molecule has 0 spiro atoms. The highest BCUT2D eigenvalue weighted by Gasteiger charge is 2.14. The molecule has 0 aliphatic heterocycles. The lowest BCUT2D eigenvalue weighted by molar-refractivity contribution is 0.278. The summed E-state index contributed by atoms with van der Waals surface area (Å²) in [5.74, 6) is -0.0582. The average molecular weight is 272 g/mol. The van der Waals surface area contributed by atoms with Gasteiger partial charge in [-0.25, -0.2) is 13.1 Å². The zero-order valence-corrected chi connectivity index (χ0v) is 11.7. The lowest BCUT2D eigenvalue weighted by Gasteiger charge is -2.20. The number of sulfonamides is 1. The molecule has 102 valence electrons. The van der Waals surface area contributed by atoms with Crippen LogP contribution >= 0.6 is 0 Å². The van der Waals surface area contributed by atoms with Crippen molar-refractivity contribution in [2.45, 2.75) is 24.8 Å². The molecular weight excluding hydrogens is 252 g/mol. The lowest BCUT2D eigenvalue weighted by atomic mass is 10.3. The third kappa shape index (κ3) is 4.29. The largest absolute Gasteiger partial charge is 0.508 e. The van der Waals surface area contributed by atoms with Gasteiger partial charge in [-0.05, 0) is 39.1 Å². The van der Waals surface area contributed by atoms with Crippen molar-refractivity contribution in [1.82, 2.24) is 9.62 Å². The number of rotatable bonds is 6. The highest BCUT2D eigenvalue weighted by atomic mass is 32.2. The third-order valence-corrected chi connectivity index (χ3v) is 4.22. The van der Waals surface area contributed by atoms with Gasteiger partial charge in [0.1, 0.15) is 5.75 Å². The van der Waals surface area contributed by atoms with E-state index < -0.39 is 10.0 Å². The van der Waals surface area contributed by atoms with Crippen molar-refractivity contribution >= 4 is 10.0 Å². The number of benzene rings is 1. The molecule has 0 saturated carbocycles. The highest BCUT2D eigenvalue weighted by Crippen LogP contribution is 2.15. The predicted molar refractivity (Wildman–Crippen MR) is 71.1 cm³/mol. The summed E-state index contributed by atoms with van der Waals surface area (Å²) < 4.78 is 26.3. The summed E-state index contributed by atoms with van der Waals surface area (Å²) in [5.41, 5.74) is 0. The van der Waals surface area contributed by atoms with Gasteiger partial charge in [0.25, 0.3) is 0 Å². The first-order valence-corrected chi connectivity index (χ1v) is 7.30. The van der Waals surface area contributed by atoms with Gasteiger partial charge in [0, 0.05) is 19.1 Å². The minimum absolute atomic E-state index is 0.0582. The quantitative estimate of drug-likeness (QED) is 0.811. The van der Waals surface area contributed by atoms with Crippen LogP contribution in [0.5, 0.6) is 5.75 Å². The van der Waals surface area contributed by atoms with Crippen LogP contribution < -0.4 is 4.72 Å². The van der Waals surface area contributed by atoms with Crippen LogP contribution in [-0.4, -0.2) is 44.6 Å². The molecule has 0 saturated heterocycles. The van der Waals surface area contributed by atoms with E-state index >= 15 is 0 Å². The minimum atomic E-state index is -3.54. The summed E-state index contributed by atoms with van der Waals surface area (Å²) in [6.45, 7) is 5.07. The summed E-state index contributed by atoms with van der Waals surface area (Å²) in [6, 6.07) is 5.99. The first kappa shape index (κ1) is 14.9. The molecule has 1 aromatic rings. The lowest BCUT2D eigenvalue weighted by Crippen LogP contribution is -2.36. The number of phenolic OH excluding ortho intramolecular Hbond substituents is 1. The Morgan fingerprint density at radius 3 is 2.61 bits per heavy atom. The van der Waals surface area contributed by atoms with Crippen LogP contribution in [0, 0.1) is 0 Å². The molecule has 0 atom stereocenters. The standard InChI is InChI=1S/C12H20N2O3S/c1-10(2)14(3)8-7-13-18(16,17)12-6-4-5-11(15)9-12/h4-6,9-10,13,15H,7-8H2,1-3H3. The molecule has 0 fully saturated rings. The molecule has 0 aliphatic rings. The molecule has 0 bridgehead atoms. The number of phenols is 1. The topological polar surface area (TPSA) is 69.6 Å². The van der Waals surface area contributed by atoms with Crippen molar-refractivity contribution in [3.05, 3.63) is 24.3 Å². The Morgan fingerprint density at radius 1 is 1.39 bits per heavy atom. The van der Waals surface area contributed by atoms with Crippen molar-refractivity contribution in [3.8, 4) is 5.75 Å². The van der Waals surface area contributed by atoms with E-state index in [1.165, 1.54) is 24.3 Å². The van der Waals surface area contributed by atoms with E-state index in [2.05, 4.69) is 4.72 Å². The summed E-state index contributed by atoms with van der Waals surface area (Å²) in [5, 5.41) is 9.26. The Hall–Kier alpha value is -1.11. The summed E-state index contributed by atoms with van der Waals surface area (Å²) in [7, 11) is -1.60. The number of nitrogens with zero attached hydrogens (tertiary/aromatic N) is 1. The van der Waals surface area contributed by atoms with Crippen LogP contribution in [0.4, 0.5) is 0 Å². The van der Waals surface area contributed by atoms with E-state index in [-0.39, 0.29) is 10.6 Å². The SMILES string of the molecule is CC(C)N(C)CCNS(=O)(=O)c1cccc(O)c1. The van der Waals surface area contributed by atoms with Crippen LogP contribution in [0.25, 0.3) is 0 Å². The Kier molecular flexibility index (Phi) is 5.13. The van der Waals surface area contributed by atoms with Gasteiger partial charge in [-0.15, -0.1) is 0 Å². The fraction of sp³-hybridized carbons (Fsp3) is 0.500. The second-order valence-electron chi connectivity index (χ2n) is 4.47. The second-order valence-corrected chi connectivity index (χ2v) is 6.24. The van der Waals surface area contributed by atoms with Crippen molar-refractivity contribution in [2.24, 2.45) is 0 Å².